The van der Waals surface area contributed by atoms with Crippen molar-refractivity contribution in [3.63, 3.8) is 0 Å². The number of amides is 1. The molecule has 11 nitrogen and oxygen atoms in total. The van der Waals surface area contributed by atoms with E-state index in [-0.39, 0.29) is 49.3 Å². The van der Waals surface area contributed by atoms with Gasteiger partial charge in [-0.1, -0.05) is 70.9 Å². The summed E-state index contributed by atoms with van der Waals surface area (Å²) in [4.78, 5) is 17.1. The molecule has 0 aliphatic carbocycles. The van der Waals surface area contributed by atoms with Crippen LogP contribution in [0.25, 0.3) is 0 Å². The summed E-state index contributed by atoms with van der Waals surface area (Å²) in [7, 11) is -2.57. The first kappa shape index (κ1) is 35.3. The van der Waals surface area contributed by atoms with E-state index < -0.39 is 22.2 Å². The van der Waals surface area contributed by atoms with Crippen molar-refractivity contribution in [3.8, 4) is 11.5 Å². The number of sulfonamides is 1. The molecule has 0 fully saturated rings. The number of hydrogen-bond donors (Lipinski definition) is 4. The second kappa shape index (κ2) is 17.8. The van der Waals surface area contributed by atoms with Gasteiger partial charge in [-0.2, -0.15) is 9.79 Å². The summed E-state index contributed by atoms with van der Waals surface area (Å²) >= 11 is 0. The van der Waals surface area contributed by atoms with Crippen molar-refractivity contribution in [2.75, 3.05) is 33.5 Å². The molecule has 0 aromatic heterocycles. The summed E-state index contributed by atoms with van der Waals surface area (Å²) in [5, 5.41) is 14.0. The first-order chi connectivity index (χ1) is 18.6. The van der Waals surface area contributed by atoms with E-state index in [2.05, 4.69) is 24.6 Å². The fourth-order valence-electron chi connectivity index (χ4n) is 3.75. The standard InChI is InChI=1S/C24H33N3O7S.C4H10.H3N/c1-17(2)14-27(35(30,31)19-9-10-22-23(12-19)34-16-33-22)15-21(28)20(26-24(29)13-25-32-3)11-18-7-5-4-6-8-18;1-3-4-2;/h4-10,12,17,20-21,25,28H,11,13-16H2,1-3H3,(H,26,29);3-4H2,1-2H3;1H3/t20-,21+;;/m0../s1. The molecule has 0 radical (unpaired) electrons. The molecule has 226 valence electrons. The quantitative estimate of drug-likeness (QED) is 0.245. The SMILES string of the molecule is CCCC.CONCC(=O)N[C@@H](Cc1ccccc1)[C@H](O)CN(CC(C)C)S(=O)(=O)c1ccc2c(c1)OCO2.N. The molecular formula is C28H46N4O7S. The van der Waals surface area contributed by atoms with E-state index in [1.807, 2.05) is 44.2 Å². The highest BCUT2D eigenvalue weighted by Crippen LogP contribution is 2.34. The van der Waals surface area contributed by atoms with Crippen LogP contribution < -0.4 is 26.4 Å². The summed E-state index contributed by atoms with van der Waals surface area (Å²) in [5.41, 5.74) is 3.36. The highest BCUT2D eigenvalue weighted by molar-refractivity contribution is 7.89. The lowest BCUT2D eigenvalue weighted by atomic mass is 10.0. The molecule has 1 aliphatic heterocycles. The molecule has 6 N–H and O–H groups in total. The topological polar surface area (TPSA) is 161 Å². The minimum absolute atomic E-state index is 0. The first-order valence-electron chi connectivity index (χ1n) is 13.3. The fraction of sp³-hybridized carbons (Fsp3) is 0.536. The Morgan fingerprint density at radius 1 is 1.05 bits per heavy atom. The van der Waals surface area contributed by atoms with Crippen LogP contribution in [-0.2, 0) is 26.1 Å². The van der Waals surface area contributed by atoms with Crippen LogP contribution in [0.4, 0.5) is 0 Å². The number of hydroxylamine groups is 1. The van der Waals surface area contributed by atoms with Gasteiger partial charge in [0.05, 0.1) is 30.7 Å². The van der Waals surface area contributed by atoms with E-state index in [1.165, 1.54) is 36.4 Å². The second-order valence-electron chi connectivity index (χ2n) is 9.69. The number of hydrogen-bond acceptors (Lipinski definition) is 9. The van der Waals surface area contributed by atoms with E-state index in [1.54, 1.807) is 6.07 Å². The lowest BCUT2D eigenvalue weighted by molar-refractivity contribution is -0.123. The molecule has 12 heteroatoms. The Hall–Kier alpha value is -2.74. The van der Waals surface area contributed by atoms with Gasteiger partial charge in [0.2, 0.25) is 22.7 Å². The Labute approximate surface area is 238 Å². The van der Waals surface area contributed by atoms with Crippen molar-refractivity contribution < 1.29 is 32.6 Å². The van der Waals surface area contributed by atoms with Crippen molar-refractivity contribution in [2.45, 2.75) is 64.0 Å². The average molecular weight is 583 g/mol. The van der Waals surface area contributed by atoms with Crippen LogP contribution >= 0.6 is 0 Å². The number of aliphatic hydroxyl groups excluding tert-OH is 1. The molecule has 0 bridgehead atoms. The zero-order valence-electron chi connectivity index (χ0n) is 24.3. The number of benzene rings is 2. The maximum atomic E-state index is 13.6. The minimum atomic E-state index is -3.97. The van der Waals surface area contributed by atoms with E-state index >= 15 is 0 Å². The third-order valence-corrected chi connectivity index (χ3v) is 7.76. The molecular weight excluding hydrogens is 536 g/mol. The van der Waals surface area contributed by atoms with E-state index in [0.29, 0.717) is 17.9 Å². The van der Waals surface area contributed by atoms with Gasteiger partial charge in [-0.3, -0.25) is 4.79 Å². The zero-order valence-corrected chi connectivity index (χ0v) is 25.1. The van der Waals surface area contributed by atoms with Gasteiger partial charge in [-0.05, 0) is 30.0 Å². The van der Waals surface area contributed by atoms with E-state index in [9.17, 15) is 18.3 Å². The molecule has 1 heterocycles. The Kier molecular flexibility index (Phi) is 15.7. The molecule has 0 spiro atoms. The van der Waals surface area contributed by atoms with Crippen molar-refractivity contribution in [1.29, 1.82) is 0 Å². The van der Waals surface area contributed by atoms with E-state index in [4.69, 9.17) is 14.3 Å². The number of unbranched alkanes of at least 4 members (excludes halogenated alkanes) is 1. The van der Waals surface area contributed by atoms with Crippen LogP contribution in [0.3, 0.4) is 0 Å². The molecule has 1 aliphatic rings. The lowest BCUT2D eigenvalue weighted by Crippen LogP contribution is -2.52. The largest absolute Gasteiger partial charge is 0.454 e. The number of aliphatic hydroxyl groups is 1. The molecule has 2 aromatic carbocycles. The number of carbonyl (C=O) groups is 1. The van der Waals surface area contributed by atoms with Crippen molar-refractivity contribution >= 4 is 15.9 Å². The molecule has 1 amide bonds. The molecule has 0 saturated carbocycles. The monoisotopic (exact) mass is 582 g/mol. The predicted octanol–water partition coefficient (Wildman–Crippen LogP) is 3.27. The summed E-state index contributed by atoms with van der Waals surface area (Å²) in [5.74, 6) is 0.450. The van der Waals surface area contributed by atoms with Crippen LogP contribution in [0.2, 0.25) is 0 Å². The number of nitrogens with zero attached hydrogens (tertiary/aromatic N) is 1. The van der Waals surface area contributed by atoms with Crippen molar-refractivity contribution in [1.82, 2.24) is 21.3 Å². The van der Waals surface area contributed by atoms with Crippen LogP contribution in [0.5, 0.6) is 11.5 Å². The first-order valence-corrected chi connectivity index (χ1v) is 14.7. The van der Waals surface area contributed by atoms with E-state index in [0.717, 1.165) is 5.56 Å². The van der Waals surface area contributed by atoms with Gasteiger partial charge in [0, 0.05) is 19.2 Å². The Morgan fingerprint density at radius 2 is 1.70 bits per heavy atom. The summed E-state index contributed by atoms with van der Waals surface area (Å²) < 4.78 is 39.0. The van der Waals surface area contributed by atoms with Crippen molar-refractivity contribution in [3.05, 3.63) is 54.1 Å². The second-order valence-corrected chi connectivity index (χ2v) is 11.6. The highest BCUT2D eigenvalue weighted by Gasteiger charge is 2.32. The smallest absolute Gasteiger partial charge is 0.243 e. The average Bonchev–Trinajstić information content (AvgIpc) is 3.40. The Balaban J connectivity index is 0.00000150. The van der Waals surface area contributed by atoms with Gasteiger partial charge in [-0.15, -0.1) is 0 Å². The van der Waals surface area contributed by atoms with Crippen molar-refractivity contribution in [2.24, 2.45) is 5.92 Å². The lowest BCUT2D eigenvalue weighted by Gasteiger charge is -2.30. The van der Waals surface area contributed by atoms with Gasteiger partial charge < -0.3 is 30.9 Å². The predicted molar refractivity (Wildman–Crippen MR) is 155 cm³/mol. The Bertz CT molecular complexity index is 1110. The van der Waals surface area contributed by atoms with Gasteiger partial charge >= 0.3 is 0 Å². The number of rotatable bonds is 14. The molecule has 2 aromatic rings. The molecule has 0 saturated heterocycles. The third-order valence-electron chi connectivity index (χ3n) is 5.93. The van der Waals surface area contributed by atoms with Gasteiger partial charge in [0.1, 0.15) is 0 Å². The van der Waals surface area contributed by atoms with Gasteiger partial charge in [0.25, 0.3) is 0 Å². The fourth-order valence-corrected chi connectivity index (χ4v) is 5.38. The van der Waals surface area contributed by atoms with Gasteiger partial charge in [-0.25, -0.2) is 8.42 Å². The number of nitrogens with one attached hydrogen (secondary N) is 2. The highest BCUT2D eigenvalue weighted by atomic mass is 32.2. The minimum Gasteiger partial charge on any atom is -0.454 e. The van der Waals surface area contributed by atoms with Crippen LogP contribution in [-0.4, -0.2) is 69.4 Å². The molecule has 40 heavy (non-hydrogen) atoms. The number of carbonyl (C=O) groups excluding carboxylic acids is 1. The summed E-state index contributed by atoms with van der Waals surface area (Å²) in [6, 6.07) is 13.1. The Morgan fingerprint density at radius 3 is 2.30 bits per heavy atom. The van der Waals surface area contributed by atoms with Crippen LogP contribution in [0.1, 0.15) is 46.1 Å². The molecule has 3 rings (SSSR count). The molecule has 0 unspecified atom stereocenters. The third kappa shape index (κ3) is 11.0. The maximum absolute atomic E-state index is 13.6. The molecule has 2 atom stereocenters. The van der Waals surface area contributed by atoms with Crippen LogP contribution in [0.15, 0.2) is 53.4 Å². The zero-order chi connectivity index (χ0) is 28.8. The maximum Gasteiger partial charge on any atom is 0.243 e. The van der Waals surface area contributed by atoms with Crippen LogP contribution in [0, 0.1) is 5.92 Å². The number of ether oxygens (including phenoxy) is 2. The normalized spacial score (nSPS) is 13.7. The van der Waals surface area contributed by atoms with Gasteiger partial charge in [0.15, 0.2) is 11.5 Å². The summed E-state index contributed by atoms with van der Waals surface area (Å²) in [6.07, 6.45) is 1.78. The summed E-state index contributed by atoms with van der Waals surface area (Å²) in [6.45, 7) is 8.06. The number of fused-ring (bicyclic) bond motifs is 1.